The number of nitrogens with zero attached hydrogens (tertiary/aromatic N) is 4. The highest BCUT2D eigenvalue weighted by Crippen LogP contribution is 2.41. The third kappa shape index (κ3) is 5.62. The van der Waals surface area contributed by atoms with Crippen LogP contribution in [0.25, 0.3) is 27.8 Å². The molecule has 40 heavy (non-hydrogen) atoms. The molecule has 0 bridgehead atoms. The number of fused-ring (bicyclic) bond motifs is 1. The third-order valence-electron chi connectivity index (χ3n) is 6.12. The zero-order valence-electron chi connectivity index (χ0n) is 22.2. The van der Waals surface area contributed by atoms with E-state index in [1.807, 2.05) is 89.5 Å². The van der Waals surface area contributed by atoms with Crippen molar-refractivity contribution in [3.63, 3.8) is 0 Å². The molecule has 10 heteroatoms. The number of hydrogen-bond donors (Lipinski definition) is 1. The number of hydrazone groups is 1. The number of carbonyl (C=O) groups is 1. The van der Waals surface area contributed by atoms with E-state index in [-0.39, 0.29) is 11.7 Å². The molecule has 1 amide bonds. The van der Waals surface area contributed by atoms with Crippen LogP contribution in [-0.2, 0) is 4.79 Å². The number of methoxy groups -OCH3 is 3. The smallest absolute Gasteiger partial charge is 0.250 e. The maximum atomic E-state index is 12.7. The number of rotatable bonds is 10. The van der Waals surface area contributed by atoms with Gasteiger partial charge in [-0.1, -0.05) is 72.4 Å². The molecule has 0 saturated carbocycles. The Hall–Kier alpha value is -4.83. The van der Waals surface area contributed by atoms with Gasteiger partial charge in [0.2, 0.25) is 5.75 Å². The molecule has 4 aromatic carbocycles. The van der Waals surface area contributed by atoms with Crippen LogP contribution in [0, 0.1) is 0 Å². The van der Waals surface area contributed by atoms with E-state index >= 15 is 0 Å². The van der Waals surface area contributed by atoms with Crippen molar-refractivity contribution in [2.45, 2.75) is 5.16 Å². The maximum Gasteiger partial charge on any atom is 0.250 e. The molecule has 9 nitrogen and oxygen atoms in total. The number of thioether (sulfide) groups is 1. The zero-order valence-corrected chi connectivity index (χ0v) is 23.0. The van der Waals surface area contributed by atoms with Gasteiger partial charge >= 0.3 is 0 Å². The largest absolute Gasteiger partial charge is 0.493 e. The van der Waals surface area contributed by atoms with Crippen molar-refractivity contribution in [3.8, 4) is 34.3 Å². The second-order valence-electron chi connectivity index (χ2n) is 8.54. The van der Waals surface area contributed by atoms with Crippen molar-refractivity contribution < 1.29 is 19.0 Å². The van der Waals surface area contributed by atoms with Crippen LogP contribution < -0.4 is 19.6 Å². The molecule has 0 atom stereocenters. The minimum atomic E-state index is -0.265. The summed E-state index contributed by atoms with van der Waals surface area (Å²) in [6, 6.07) is 27.3. The summed E-state index contributed by atoms with van der Waals surface area (Å²) in [7, 11) is 4.68. The van der Waals surface area contributed by atoms with Gasteiger partial charge < -0.3 is 14.2 Å². The zero-order chi connectivity index (χ0) is 27.9. The number of benzene rings is 4. The average Bonchev–Trinajstić information content (AvgIpc) is 3.43. The number of hydrogen-bond acceptors (Lipinski definition) is 8. The predicted molar refractivity (Wildman–Crippen MR) is 157 cm³/mol. The van der Waals surface area contributed by atoms with E-state index in [1.165, 1.54) is 11.8 Å². The van der Waals surface area contributed by atoms with Crippen molar-refractivity contribution in [2.24, 2.45) is 5.10 Å². The highest BCUT2D eigenvalue weighted by atomic mass is 32.2. The molecule has 202 valence electrons. The molecular weight excluding hydrogens is 526 g/mol. The Balaban J connectivity index is 1.38. The van der Waals surface area contributed by atoms with Crippen molar-refractivity contribution >= 4 is 34.7 Å². The molecule has 1 N–H and O–H groups in total. The van der Waals surface area contributed by atoms with Gasteiger partial charge in [-0.05, 0) is 35.0 Å². The average molecular weight is 554 g/mol. The summed E-state index contributed by atoms with van der Waals surface area (Å²) >= 11 is 1.26. The first-order valence-corrected chi connectivity index (χ1v) is 13.3. The first-order chi connectivity index (χ1) is 19.6. The highest BCUT2D eigenvalue weighted by Gasteiger charge is 2.21. The normalized spacial score (nSPS) is 11.1. The molecular formula is C30H27N5O4S. The van der Waals surface area contributed by atoms with Crippen molar-refractivity contribution in [1.82, 2.24) is 20.2 Å². The molecule has 1 aromatic heterocycles. The van der Waals surface area contributed by atoms with E-state index in [0.29, 0.717) is 33.8 Å². The summed E-state index contributed by atoms with van der Waals surface area (Å²) in [6.45, 7) is 0. The Kier molecular flexibility index (Phi) is 8.26. The lowest BCUT2D eigenvalue weighted by molar-refractivity contribution is -0.118. The van der Waals surface area contributed by atoms with Gasteiger partial charge in [0.15, 0.2) is 22.5 Å². The quantitative estimate of drug-likeness (QED) is 0.141. The molecule has 0 unspecified atom stereocenters. The molecule has 0 aliphatic carbocycles. The van der Waals surface area contributed by atoms with Crippen LogP contribution in [0.1, 0.15) is 5.56 Å². The van der Waals surface area contributed by atoms with Gasteiger partial charge in [0.1, 0.15) is 0 Å². The highest BCUT2D eigenvalue weighted by molar-refractivity contribution is 7.99. The Morgan fingerprint density at radius 1 is 0.900 bits per heavy atom. The Morgan fingerprint density at radius 3 is 2.33 bits per heavy atom. The summed E-state index contributed by atoms with van der Waals surface area (Å²) in [5.41, 5.74) is 5.08. The van der Waals surface area contributed by atoms with Crippen LogP contribution in [0.4, 0.5) is 0 Å². The van der Waals surface area contributed by atoms with Crippen LogP contribution in [0.3, 0.4) is 0 Å². The van der Waals surface area contributed by atoms with Crippen LogP contribution in [0.2, 0.25) is 0 Å². The van der Waals surface area contributed by atoms with Gasteiger partial charge in [-0.15, -0.1) is 10.2 Å². The molecule has 0 radical (unpaired) electrons. The molecule has 0 aliphatic heterocycles. The van der Waals surface area contributed by atoms with E-state index in [1.54, 1.807) is 27.5 Å². The van der Waals surface area contributed by atoms with Gasteiger partial charge in [-0.2, -0.15) is 5.10 Å². The first-order valence-electron chi connectivity index (χ1n) is 12.4. The third-order valence-corrected chi connectivity index (χ3v) is 7.05. The Morgan fingerprint density at radius 2 is 1.60 bits per heavy atom. The maximum absolute atomic E-state index is 12.7. The fourth-order valence-corrected chi connectivity index (χ4v) is 5.01. The molecule has 0 spiro atoms. The van der Waals surface area contributed by atoms with Crippen LogP contribution in [0.5, 0.6) is 17.2 Å². The molecule has 0 saturated heterocycles. The van der Waals surface area contributed by atoms with E-state index in [4.69, 9.17) is 14.2 Å². The van der Waals surface area contributed by atoms with Gasteiger partial charge in [-0.25, -0.2) is 5.43 Å². The second kappa shape index (κ2) is 12.4. The second-order valence-corrected chi connectivity index (χ2v) is 9.48. The van der Waals surface area contributed by atoms with Crippen molar-refractivity contribution in [2.75, 3.05) is 27.1 Å². The number of para-hydroxylation sites is 1. The van der Waals surface area contributed by atoms with Crippen LogP contribution in [0.15, 0.2) is 95.2 Å². The Bertz CT molecular complexity index is 1640. The minimum absolute atomic E-state index is 0.0904. The fraction of sp³-hybridized carbons (Fsp3) is 0.133. The predicted octanol–water partition coefficient (Wildman–Crippen LogP) is 5.36. The van der Waals surface area contributed by atoms with E-state index < -0.39 is 0 Å². The summed E-state index contributed by atoms with van der Waals surface area (Å²) in [4.78, 5) is 12.7. The van der Waals surface area contributed by atoms with Gasteiger partial charge in [0.25, 0.3) is 5.91 Å². The molecule has 0 fully saturated rings. The monoisotopic (exact) mass is 553 g/mol. The summed E-state index contributed by atoms with van der Waals surface area (Å²) < 4.78 is 18.4. The lowest BCUT2D eigenvalue weighted by Crippen LogP contribution is -2.20. The van der Waals surface area contributed by atoms with E-state index in [2.05, 4.69) is 20.7 Å². The number of amides is 1. The topological polar surface area (TPSA) is 99.9 Å². The minimum Gasteiger partial charge on any atom is -0.493 e. The number of aromatic nitrogens is 3. The molecule has 1 heterocycles. The summed E-state index contributed by atoms with van der Waals surface area (Å²) in [6.07, 6.45) is 1.65. The molecule has 5 aromatic rings. The van der Waals surface area contributed by atoms with Crippen molar-refractivity contribution in [1.29, 1.82) is 0 Å². The van der Waals surface area contributed by atoms with Gasteiger partial charge in [0.05, 0.1) is 33.3 Å². The summed E-state index contributed by atoms with van der Waals surface area (Å²) in [5, 5.41) is 15.7. The SMILES string of the molecule is COc1cc(-c2nnc(SCC(=O)N/N=C/c3cccc4ccccc34)n2-c2ccccc2)cc(OC)c1OC. The lowest BCUT2D eigenvalue weighted by atomic mass is 10.1. The van der Waals surface area contributed by atoms with Crippen LogP contribution in [-0.4, -0.2) is 54.0 Å². The van der Waals surface area contributed by atoms with E-state index in [0.717, 1.165) is 22.0 Å². The standard InChI is InChI=1S/C30H27N5O4S/c1-37-25-16-22(17-26(38-2)28(25)39-3)29-33-34-30(35(29)23-13-5-4-6-14-23)40-19-27(36)32-31-18-21-12-9-11-20-10-7-8-15-24(20)21/h4-18H,19H2,1-3H3,(H,32,36)/b31-18+. The number of ether oxygens (including phenoxy) is 3. The number of nitrogens with one attached hydrogen (secondary N) is 1. The Labute approximate surface area is 235 Å². The molecule has 0 aliphatic rings. The van der Waals surface area contributed by atoms with Crippen molar-refractivity contribution in [3.05, 3.63) is 90.5 Å². The first kappa shape index (κ1) is 26.8. The number of carbonyl (C=O) groups excluding carboxylic acids is 1. The van der Waals surface area contributed by atoms with Gasteiger partial charge in [0, 0.05) is 16.8 Å². The van der Waals surface area contributed by atoms with E-state index in [9.17, 15) is 4.79 Å². The summed E-state index contributed by atoms with van der Waals surface area (Å²) in [5.74, 6) is 1.86. The lowest BCUT2D eigenvalue weighted by Gasteiger charge is -2.15. The van der Waals surface area contributed by atoms with Gasteiger partial charge in [-0.3, -0.25) is 9.36 Å². The fourth-order valence-electron chi connectivity index (χ4n) is 4.27. The van der Waals surface area contributed by atoms with Crippen LogP contribution >= 0.6 is 11.8 Å². The molecule has 5 rings (SSSR count).